The monoisotopic (exact) mass is 252 g/mol. The summed E-state index contributed by atoms with van der Waals surface area (Å²) in [6, 6.07) is 4.53. The summed E-state index contributed by atoms with van der Waals surface area (Å²) in [5.41, 5.74) is 0.809. The summed E-state index contributed by atoms with van der Waals surface area (Å²) >= 11 is 1.54. The Bertz CT molecular complexity index is 473. The summed E-state index contributed by atoms with van der Waals surface area (Å²) in [6.45, 7) is 0.991. The van der Waals surface area contributed by atoms with Crippen LogP contribution in [0.3, 0.4) is 0 Å². The number of nitrogens with one attached hydrogen (secondary N) is 1. The molecule has 3 nitrogen and oxygen atoms in total. The number of thiazole rings is 1. The quantitative estimate of drug-likeness (QED) is 0.888. The molecule has 0 aliphatic rings. The van der Waals surface area contributed by atoms with Gasteiger partial charge >= 0.3 is 0 Å². The Hall–Kier alpha value is -1.46. The number of rotatable bonds is 5. The predicted molar refractivity (Wildman–Crippen MR) is 65.6 cm³/mol. The van der Waals surface area contributed by atoms with Gasteiger partial charge in [0.05, 0.1) is 0 Å². The fourth-order valence-electron chi connectivity index (χ4n) is 1.48. The molecule has 0 amide bonds. The molecule has 0 spiro atoms. The van der Waals surface area contributed by atoms with Gasteiger partial charge in [-0.3, -0.25) is 0 Å². The van der Waals surface area contributed by atoms with Crippen molar-refractivity contribution in [3.63, 3.8) is 0 Å². The molecule has 1 N–H and O–H groups in total. The second kappa shape index (κ2) is 5.75. The zero-order valence-corrected chi connectivity index (χ0v) is 10.3. The van der Waals surface area contributed by atoms with Crippen molar-refractivity contribution in [2.45, 2.75) is 13.2 Å². The summed E-state index contributed by atoms with van der Waals surface area (Å²) in [5, 5.41) is 5.79. The van der Waals surface area contributed by atoms with Gasteiger partial charge in [-0.25, -0.2) is 9.37 Å². The molecule has 2 rings (SSSR count). The summed E-state index contributed by atoms with van der Waals surface area (Å²) < 4.78 is 18.7. The summed E-state index contributed by atoms with van der Waals surface area (Å²) in [7, 11) is 1.81. The number of hydrogen-bond acceptors (Lipinski definition) is 4. The minimum atomic E-state index is -0.253. The van der Waals surface area contributed by atoms with Crippen molar-refractivity contribution in [2.75, 3.05) is 7.05 Å². The van der Waals surface area contributed by atoms with Gasteiger partial charge in [-0.1, -0.05) is 0 Å². The lowest BCUT2D eigenvalue weighted by Gasteiger charge is -2.10. The maximum atomic E-state index is 13.1. The molecule has 1 heterocycles. The van der Waals surface area contributed by atoms with Crippen molar-refractivity contribution < 1.29 is 9.13 Å². The average Bonchev–Trinajstić information content (AvgIpc) is 2.81. The molecule has 0 radical (unpaired) electrons. The van der Waals surface area contributed by atoms with Crippen molar-refractivity contribution in [1.82, 2.24) is 10.3 Å². The van der Waals surface area contributed by atoms with Crippen LogP contribution in [0, 0.1) is 5.82 Å². The second-order valence-electron chi connectivity index (χ2n) is 3.50. The molecule has 0 fully saturated rings. The summed E-state index contributed by atoms with van der Waals surface area (Å²) in [5.74, 6) is 0.438. The van der Waals surface area contributed by atoms with E-state index in [1.807, 2.05) is 12.4 Å². The standard InChI is InChI=1S/C12H13FN2OS/c1-14-7-9-6-10(13)2-3-11(9)16-8-12-15-4-5-17-12/h2-6,14H,7-8H2,1H3. The van der Waals surface area contributed by atoms with Crippen LogP contribution < -0.4 is 10.1 Å². The molecule has 0 saturated heterocycles. The number of benzene rings is 1. The molecule has 17 heavy (non-hydrogen) atoms. The molecule has 0 aliphatic heterocycles. The smallest absolute Gasteiger partial charge is 0.140 e. The first-order chi connectivity index (χ1) is 8.29. The van der Waals surface area contributed by atoms with Gasteiger partial charge in [0.2, 0.25) is 0 Å². The minimum Gasteiger partial charge on any atom is -0.486 e. The van der Waals surface area contributed by atoms with Crippen LogP contribution in [0.2, 0.25) is 0 Å². The molecule has 5 heteroatoms. The van der Waals surface area contributed by atoms with E-state index in [9.17, 15) is 4.39 Å². The van der Waals surface area contributed by atoms with E-state index < -0.39 is 0 Å². The van der Waals surface area contributed by atoms with Gasteiger partial charge in [0.15, 0.2) is 0 Å². The Labute approximate surface area is 103 Å². The second-order valence-corrected chi connectivity index (χ2v) is 4.48. The maximum absolute atomic E-state index is 13.1. The molecule has 0 bridgehead atoms. The largest absolute Gasteiger partial charge is 0.486 e. The number of nitrogens with zero attached hydrogens (tertiary/aromatic N) is 1. The molecule has 0 atom stereocenters. The van der Waals surface area contributed by atoms with Crippen LogP contribution in [-0.2, 0) is 13.2 Å². The van der Waals surface area contributed by atoms with Gasteiger partial charge in [0.25, 0.3) is 0 Å². The highest BCUT2D eigenvalue weighted by molar-refractivity contribution is 7.09. The minimum absolute atomic E-state index is 0.253. The van der Waals surface area contributed by atoms with E-state index in [-0.39, 0.29) is 5.82 Å². The lowest BCUT2D eigenvalue weighted by Crippen LogP contribution is -2.08. The van der Waals surface area contributed by atoms with Crippen molar-refractivity contribution in [1.29, 1.82) is 0 Å². The highest BCUT2D eigenvalue weighted by Gasteiger charge is 2.05. The van der Waals surface area contributed by atoms with Crippen LogP contribution in [0.5, 0.6) is 5.75 Å². The number of halogens is 1. The zero-order valence-electron chi connectivity index (χ0n) is 9.44. The van der Waals surface area contributed by atoms with E-state index in [1.165, 1.54) is 23.5 Å². The Morgan fingerprint density at radius 2 is 2.35 bits per heavy atom. The van der Waals surface area contributed by atoms with Crippen LogP contribution in [0.15, 0.2) is 29.8 Å². The first-order valence-electron chi connectivity index (χ1n) is 5.24. The highest BCUT2D eigenvalue weighted by Crippen LogP contribution is 2.21. The Morgan fingerprint density at radius 3 is 3.06 bits per heavy atom. The van der Waals surface area contributed by atoms with E-state index in [0.29, 0.717) is 18.9 Å². The van der Waals surface area contributed by atoms with Gasteiger partial charge in [-0.05, 0) is 25.2 Å². The Kier molecular flexibility index (Phi) is 4.06. The molecule has 90 valence electrons. The first kappa shape index (κ1) is 12.0. The number of hydrogen-bond donors (Lipinski definition) is 1. The van der Waals surface area contributed by atoms with Crippen molar-refractivity contribution in [3.05, 3.63) is 46.2 Å². The number of aromatic nitrogens is 1. The van der Waals surface area contributed by atoms with Crippen LogP contribution in [0.4, 0.5) is 4.39 Å². The van der Waals surface area contributed by atoms with E-state index in [0.717, 1.165) is 10.6 Å². The third kappa shape index (κ3) is 3.25. The molecule has 0 aliphatic carbocycles. The lowest BCUT2D eigenvalue weighted by molar-refractivity contribution is 0.301. The SMILES string of the molecule is CNCc1cc(F)ccc1OCc1nccs1. The third-order valence-electron chi connectivity index (χ3n) is 2.22. The molecule has 0 saturated carbocycles. The van der Waals surface area contributed by atoms with Crippen molar-refractivity contribution in [3.8, 4) is 5.75 Å². The van der Waals surface area contributed by atoms with Crippen LogP contribution in [0.25, 0.3) is 0 Å². The van der Waals surface area contributed by atoms with Crippen molar-refractivity contribution in [2.24, 2.45) is 0 Å². The zero-order chi connectivity index (χ0) is 12.1. The highest BCUT2D eigenvalue weighted by atomic mass is 32.1. The molecule has 1 aromatic carbocycles. The van der Waals surface area contributed by atoms with Gasteiger partial charge in [-0.2, -0.15) is 0 Å². The van der Waals surface area contributed by atoms with Gasteiger partial charge < -0.3 is 10.1 Å². The van der Waals surface area contributed by atoms with Crippen molar-refractivity contribution >= 4 is 11.3 Å². The number of ether oxygens (including phenoxy) is 1. The molecular weight excluding hydrogens is 239 g/mol. The normalized spacial score (nSPS) is 10.5. The molecular formula is C12H13FN2OS. The van der Waals surface area contributed by atoms with Gasteiger partial charge in [0.1, 0.15) is 23.2 Å². The van der Waals surface area contributed by atoms with E-state index >= 15 is 0 Å². The van der Waals surface area contributed by atoms with Gasteiger partial charge in [-0.15, -0.1) is 11.3 Å². The fraction of sp³-hybridized carbons (Fsp3) is 0.250. The maximum Gasteiger partial charge on any atom is 0.140 e. The van der Waals surface area contributed by atoms with Crippen LogP contribution in [0.1, 0.15) is 10.6 Å². The van der Waals surface area contributed by atoms with Crippen LogP contribution >= 0.6 is 11.3 Å². The summed E-state index contributed by atoms with van der Waals surface area (Å²) in [6.07, 6.45) is 1.74. The molecule has 0 unspecified atom stereocenters. The molecule has 2 aromatic rings. The van der Waals surface area contributed by atoms with Crippen LogP contribution in [-0.4, -0.2) is 12.0 Å². The Balaban J connectivity index is 2.08. The average molecular weight is 252 g/mol. The molecule has 1 aromatic heterocycles. The third-order valence-corrected chi connectivity index (χ3v) is 2.98. The lowest BCUT2D eigenvalue weighted by atomic mass is 10.2. The van der Waals surface area contributed by atoms with E-state index in [2.05, 4.69) is 10.3 Å². The van der Waals surface area contributed by atoms with Gasteiger partial charge in [0, 0.05) is 23.7 Å². The fourth-order valence-corrected chi connectivity index (χ4v) is 2.01. The Morgan fingerprint density at radius 1 is 1.47 bits per heavy atom. The topological polar surface area (TPSA) is 34.1 Å². The van der Waals surface area contributed by atoms with E-state index in [4.69, 9.17) is 4.74 Å². The van der Waals surface area contributed by atoms with E-state index in [1.54, 1.807) is 12.3 Å². The first-order valence-corrected chi connectivity index (χ1v) is 6.12. The summed E-state index contributed by atoms with van der Waals surface area (Å²) in [4.78, 5) is 4.13. The predicted octanol–water partition coefficient (Wildman–Crippen LogP) is 2.58.